The third kappa shape index (κ3) is 5.71. The number of fused-ring (bicyclic) bond motifs is 1. The molecule has 3 aromatic heterocycles. The topological polar surface area (TPSA) is 127 Å². The fourth-order valence-corrected chi connectivity index (χ4v) is 4.71. The van der Waals surface area contributed by atoms with Crippen molar-refractivity contribution in [1.82, 2.24) is 19.7 Å². The third-order valence-electron chi connectivity index (χ3n) is 6.92. The average Bonchev–Trinajstić information content (AvgIpc) is 3.66. The monoisotopic (exact) mass is 595 g/mol. The normalized spacial score (nSPS) is 11.0. The van der Waals surface area contributed by atoms with Crippen molar-refractivity contribution in [2.75, 3.05) is 0 Å². The molecule has 0 spiro atoms. The van der Waals surface area contributed by atoms with Gasteiger partial charge in [-0.2, -0.15) is 5.26 Å². The molecule has 6 aromatic rings. The van der Waals surface area contributed by atoms with Crippen LogP contribution in [0.5, 0.6) is 5.88 Å². The van der Waals surface area contributed by atoms with Gasteiger partial charge in [-0.3, -0.25) is 0 Å². The molecule has 0 aliphatic carbocycles. The summed E-state index contributed by atoms with van der Waals surface area (Å²) in [5.74, 6) is -2.77. The lowest BCUT2D eigenvalue weighted by Gasteiger charge is -2.11. The molecule has 0 unspecified atom stereocenters. The summed E-state index contributed by atoms with van der Waals surface area (Å²) in [4.78, 5) is 20.4. The van der Waals surface area contributed by atoms with Crippen molar-refractivity contribution in [2.24, 2.45) is 0 Å². The smallest absolute Gasteiger partial charge is 0.335 e. The molecule has 9 nitrogen and oxygen atoms in total. The van der Waals surface area contributed by atoms with Crippen LogP contribution in [0, 0.1) is 28.8 Å². The lowest BCUT2D eigenvalue weighted by molar-refractivity contribution is 0.0696. The van der Waals surface area contributed by atoms with Gasteiger partial charge in [-0.25, -0.2) is 27.9 Å². The maximum absolute atomic E-state index is 15.5. The molecule has 0 aliphatic heterocycles. The van der Waals surface area contributed by atoms with E-state index in [0.717, 1.165) is 12.1 Å². The minimum absolute atomic E-state index is 0.0345. The lowest BCUT2D eigenvalue weighted by Crippen LogP contribution is -2.08. The van der Waals surface area contributed by atoms with Crippen LogP contribution in [-0.2, 0) is 19.6 Å². The summed E-state index contributed by atoms with van der Waals surface area (Å²) in [6, 6.07) is 19.2. The van der Waals surface area contributed by atoms with Crippen molar-refractivity contribution in [3.8, 4) is 23.2 Å². The summed E-state index contributed by atoms with van der Waals surface area (Å²) < 4.78 is 56.7. The van der Waals surface area contributed by atoms with Crippen LogP contribution in [0.15, 0.2) is 83.6 Å². The first-order valence-electron chi connectivity index (χ1n) is 13.2. The van der Waals surface area contributed by atoms with Gasteiger partial charge >= 0.3 is 5.97 Å². The largest absolute Gasteiger partial charge is 0.478 e. The van der Waals surface area contributed by atoms with Crippen LogP contribution in [0.2, 0.25) is 0 Å². The van der Waals surface area contributed by atoms with Crippen LogP contribution in [0.25, 0.3) is 22.3 Å². The number of halogens is 3. The van der Waals surface area contributed by atoms with Gasteiger partial charge in [0.2, 0.25) is 5.88 Å². The number of carboxylic acids is 1. The first kappa shape index (κ1) is 28.2. The van der Waals surface area contributed by atoms with E-state index in [2.05, 4.69) is 15.1 Å². The molecule has 0 aliphatic rings. The molecule has 0 atom stereocenters. The molecule has 0 amide bonds. The maximum atomic E-state index is 15.5. The molecule has 44 heavy (non-hydrogen) atoms. The fourth-order valence-electron chi connectivity index (χ4n) is 4.71. The second-order valence-electron chi connectivity index (χ2n) is 9.79. The standard InChI is InChI=1S/C32H20F3N5O4/c33-24-10-18(15-36)4-5-21(24)17-43-30-3-1-2-27(37-30)20-7-6-19(25(34)11-20)14-29-38-31-26(35)12-22(32(41)42)13-28(31)40(29)16-23-8-9-44-39-23/h1-13H,14,16-17H2,(H,41,42). The Balaban J connectivity index is 1.27. The lowest BCUT2D eigenvalue weighted by atomic mass is 10.1. The predicted octanol–water partition coefficient (Wildman–Crippen LogP) is 6.29. The number of nitriles is 1. The Morgan fingerprint density at radius 2 is 1.77 bits per heavy atom. The molecule has 12 heteroatoms. The average molecular weight is 596 g/mol. The van der Waals surface area contributed by atoms with Gasteiger partial charge in [0, 0.05) is 29.7 Å². The minimum Gasteiger partial charge on any atom is -0.478 e. The van der Waals surface area contributed by atoms with Gasteiger partial charge in [0.1, 0.15) is 41.5 Å². The predicted molar refractivity (Wildman–Crippen MR) is 150 cm³/mol. The van der Waals surface area contributed by atoms with E-state index in [1.54, 1.807) is 41.0 Å². The van der Waals surface area contributed by atoms with Crippen molar-refractivity contribution in [3.63, 3.8) is 0 Å². The molecule has 3 aromatic carbocycles. The van der Waals surface area contributed by atoms with Crippen molar-refractivity contribution < 1.29 is 32.3 Å². The summed E-state index contributed by atoms with van der Waals surface area (Å²) in [5.41, 5.74) is 1.98. The fraction of sp³-hybridized carbons (Fsp3) is 0.0938. The molecule has 1 N–H and O–H groups in total. The second-order valence-corrected chi connectivity index (χ2v) is 9.79. The Bertz CT molecular complexity index is 2070. The number of hydrogen-bond donors (Lipinski definition) is 1. The van der Waals surface area contributed by atoms with Gasteiger partial charge in [-0.05, 0) is 42.0 Å². The highest BCUT2D eigenvalue weighted by Crippen LogP contribution is 2.27. The highest BCUT2D eigenvalue weighted by molar-refractivity contribution is 5.92. The Morgan fingerprint density at radius 3 is 2.50 bits per heavy atom. The Labute approximate surface area is 247 Å². The number of pyridine rings is 1. The van der Waals surface area contributed by atoms with Crippen LogP contribution < -0.4 is 4.74 Å². The van der Waals surface area contributed by atoms with E-state index in [-0.39, 0.29) is 58.7 Å². The summed E-state index contributed by atoms with van der Waals surface area (Å²) in [6.07, 6.45) is 1.34. The number of rotatable bonds is 9. The highest BCUT2D eigenvalue weighted by Gasteiger charge is 2.20. The minimum atomic E-state index is -1.30. The number of imidazole rings is 1. The zero-order chi connectivity index (χ0) is 30.8. The molecule has 3 heterocycles. The number of benzene rings is 3. The third-order valence-corrected chi connectivity index (χ3v) is 6.92. The summed E-state index contributed by atoms with van der Waals surface area (Å²) in [5, 5.41) is 22.2. The van der Waals surface area contributed by atoms with E-state index in [4.69, 9.17) is 14.5 Å². The zero-order valence-corrected chi connectivity index (χ0v) is 22.7. The molecule has 0 saturated carbocycles. The highest BCUT2D eigenvalue weighted by atomic mass is 19.1. The number of aromatic carboxylic acids is 1. The Kier molecular flexibility index (Phi) is 7.51. The first-order valence-corrected chi connectivity index (χ1v) is 13.2. The molecule has 0 bridgehead atoms. The second kappa shape index (κ2) is 11.7. The molecular weight excluding hydrogens is 575 g/mol. The van der Waals surface area contributed by atoms with Crippen molar-refractivity contribution in [2.45, 2.75) is 19.6 Å². The van der Waals surface area contributed by atoms with E-state index in [1.165, 1.54) is 30.5 Å². The number of hydrogen-bond acceptors (Lipinski definition) is 7. The number of carboxylic acid groups (broad SMARTS) is 1. The van der Waals surface area contributed by atoms with Crippen molar-refractivity contribution in [3.05, 3.63) is 130 Å². The van der Waals surface area contributed by atoms with E-state index in [1.807, 2.05) is 6.07 Å². The van der Waals surface area contributed by atoms with Gasteiger partial charge < -0.3 is 18.9 Å². The van der Waals surface area contributed by atoms with E-state index in [9.17, 15) is 18.7 Å². The number of carbonyl (C=O) groups is 1. The Morgan fingerprint density at radius 1 is 0.955 bits per heavy atom. The van der Waals surface area contributed by atoms with E-state index < -0.39 is 23.4 Å². The molecule has 0 saturated heterocycles. The van der Waals surface area contributed by atoms with Gasteiger partial charge in [0.05, 0.1) is 35.0 Å². The van der Waals surface area contributed by atoms with Gasteiger partial charge in [-0.15, -0.1) is 0 Å². The van der Waals surface area contributed by atoms with Crippen molar-refractivity contribution in [1.29, 1.82) is 5.26 Å². The Hall–Kier alpha value is -5.96. The number of ether oxygens (including phenoxy) is 1. The molecular formula is C32H20F3N5O4. The molecule has 6 rings (SSSR count). The first-order chi connectivity index (χ1) is 21.3. The maximum Gasteiger partial charge on any atom is 0.335 e. The van der Waals surface area contributed by atoms with Crippen LogP contribution in [0.4, 0.5) is 13.2 Å². The van der Waals surface area contributed by atoms with E-state index >= 15 is 4.39 Å². The summed E-state index contributed by atoms with van der Waals surface area (Å²) in [6.45, 7) is -0.0290. The molecule has 0 fully saturated rings. The van der Waals surface area contributed by atoms with Crippen LogP contribution in [0.3, 0.4) is 0 Å². The van der Waals surface area contributed by atoms with Crippen molar-refractivity contribution >= 4 is 17.0 Å². The van der Waals surface area contributed by atoms with Crippen LogP contribution in [-0.4, -0.2) is 30.8 Å². The van der Waals surface area contributed by atoms with Gasteiger partial charge in [-0.1, -0.05) is 29.4 Å². The van der Waals surface area contributed by atoms with E-state index in [0.29, 0.717) is 22.8 Å². The number of aromatic nitrogens is 4. The van der Waals surface area contributed by atoms with Gasteiger partial charge in [0.25, 0.3) is 0 Å². The quantitative estimate of drug-likeness (QED) is 0.207. The van der Waals surface area contributed by atoms with Gasteiger partial charge in [0.15, 0.2) is 5.82 Å². The summed E-state index contributed by atoms with van der Waals surface area (Å²) >= 11 is 0. The molecule has 218 valence electrons. The molecule has 0 radical (unpaired) electrons. The number of nitrogens with zero attached hydrogens (tertiary/aromatic N) is 5. The van der Waals surface area contributed by atoms with Crippen LogP contribution >= 0.6 is 0 Å². The zero-order valence-electron chi connectivity index (χ0n) is 22.7. The SMILES string of the molecule is N#Cc1ccc(COc2cccc(-c3ccc(Cc4nc5c(F)cc(C(=O)O)cc5n4Cc4ccon4)c(F)c3)n2)c(F)c1. The summed E-state index contributed by atoms with van der Waals surface area (Å²) in [7, 11) is 0. The van der Waals surface area contributed by atoms with Crippen LogP contribution in [0.1, 0.15) is 38.6 Å².